The standard InChI is InChI=1S/C29H46O2/c1-19(2)8-7-9-20(3)25-12-13-26-24-11-10-22-18-23(31-21(4)30)14-16-28(22,5)27(24)15-17-29(25,26)6/h7,9-10,19-20,23-27H,8,11-18H2,1-6H3/b9-7+/t20-,23-,24+,25+,26+,27+,28-,29+/m0/s1. The fraction of sp³-hybridized carbons (Fsp3) is 0.828. The molecule has 0 amide bonds. The normalized spacial score (nSPS) is 43.2. The summed E-state index contributed by atoms with van der Waals surface area (Å²) in [7, 11) is 0. The Kier molecular flexibility index (Phi) is 6.50. The van der Waals surface area contributed by atoms with Gasteiger partial charge in [-0.2, -0.15) is 0 Å². The zero-order valence-electron chi connectivity index (χ0n) is 21.0. The SMILES string of the molecule is CC(=O)O[C@H]1CC[C@@]2(C)C(=CC[C@@H]3[C@H]4CC[C@H]([C@@H](C)/C=C/CC(C)C)[C@@]4(C)CC[C@H]32)C1. The van der Waals surface area contributed by atoms with Crippen molar-refractivity contribution in [2.45, 2.75) is 105 Å². The molecule has 0 aromatic heterocycles. The van der Waals surface area contributed by atoms with Crippen LogP contribution in [-0.4, -0.2) is 12.1 Å². The molecular weight excluding hydrogens is 380 g/mol. The summed E-state index contributed by atoms with van der Waals surface area (Å²) in [5.74, 6) is 4.76. The third kappa shape index (κ3) is 4.18. The fourth-order valence-corrected chi connectivity index (χ4v) is 8.57. The van der Waals surface area contributed by atoms with Gasteiger partial charge in [0.2, 0.25) is 0 Å². The van der Waals surface area contributed by atoms with E-state index in [1.54, 1.807) is 12.5 Å². The minimum absolute atomic E-state index is 0.108. The molecule has 0 N–H and O–H groups in total. The summed E-state index contributed by atoms with van der Waals surface area (Å²) in [6, 6.07) is 0. The lowest BCUT2D eigenvalue weighted by atomic mass is 9.47. The van der Waals surface area contributed by atoms with Gasteiger partial charge in [-0.1, -0.05) is 58.4 Å². The third-order valence-electron chi connectivity index (χ3n) is 10.1. The van der Waals surface area contributed by atoms with E-state index in [1.807, 2.05) is 0 Å². The van der Waals surface area contributed by atoms with E-state index in [0.717, 1.165) is 42.4 Å². The summed E-state index contributed by atoms with van der Waals surface area (Å²) >= 11 is 0. The van der Waals surface area contributed by atoms with Gasteiger partial charge >= 0.3 is 5.97 Å². The van der Waals surface area contributed by atoms with Crippen LogP contribution in [0.3, 0.4) is 0 Å². The minimum atomic E-state index is -0.120. The second-order valence-corrected chi connectivity index (χ2v) is 12.4. The van der Waals surface area contributed by atoms with Crippen LogP contribution in [0.2, 0.25) is 0 Å². The van der Waals surface area contributed by atoms with Crippen LogP contribution in [0, 0.1) is 46.3 Å². The van der Waals surface area contributed by atoms with Gasteiger partial charge in [-0.05, 0) is 97.7 Å². The van der Waals surface area contributed by atoms with E-state index in [4.69, 9.17) is 4.74 Å². The Hall–Kier alpha value is -1.05. The molecule has 174 valence electrons. The number of allylic oxidation sites excluding steroid dienone is 3. The maximum Gasteiger partial charge on any atom is 0.302 e. The van der Waals surface area contributed by atoms with Gasteiger partial charge in [-0.15, -0.1) is 0 Å². The van der Waals surface area contributed by atoms with Crippen LogP contribution in [0.25, 0.3) is 0 Å². The second kappa shape index (κ2) is 8.71. The van der Waals surface area contributed by atoms with Crippen molar-refractivity contribution in [3.8, 4) is 0 Å². The van der Waals surface area contributed by atoms with Crippen LogP contribution < -0.4 is 0 Å². The highest BCUT2D eigenvalue weighted by atomic mass is 16.5. The van der Waals surface area contributed by atoms with Gasteiger partial charge in [0.25, 0.3) is 0 Å². The molecule has 0 aliphatic heterocycles. The Labute approximate surface area is 191 Å². The average molecular weight is 427 g/mol. The average Bonchev–Trinajstić information content (AvgIpc) is 3.05. The number of hydrogen-bond acceptors (Lipinski definition) is 2. The van der Waals surface area contributed by atoms with Crippen LogP contribution >= 0.6 is 0 Å². The third-order valence-corrected chi connectivity index (χ3v) is 10.1. The molecule has 0 bridgehead atoms. The fourth-order valence-electron chi connectivity index (χ4n) is 8.57. The lowest BCUT2D eigenvalue weighted by Crippen LogP contribution is -2.51. The first-order valence-corrected chi connectivity index (χ1v) is 13.2. The van der Waals surface area contributed by atoms with Crippen LogP contribution in [0.15, 0.2) is 23.8 Å². The molecule has 2 nitrogen and oxygen atoms in total. The van der Waals surface area contributed by atoms with Gasteiger partial charge in [-0.3, -0.25) is 4.79 Å². The maximum absolute atomic E-state index is 11.5. The van der Waals surface area contributed by atoms with E-state index in [-0.39, 0.29) is 12.1 Å². The van der Waals surface area contributed by atoms with Crippen molar-refractivity contribution < 1.29 is 9.53 Å². The first-order valence-electron chi connectivity index (χ1n) is 13.2. The molecule has 0 saturated heterocycles. The van der Waals surface area contributed by atoms with Crippen molar-refractivity contribution in [2.24, 2.45) is 46.3 Å². The molecule has 31 heavy (non-hydrogen) atoms. The number of rotatable bonds is 5. The highest BCUT2D eigenvalue weighted by molar-refractivity contribution is 5.66. The predicted octanol–water partition coefficient (Wildman–Crippen LogP) is 7.74. The van der Waals surface area contributed by atoms with Crippen molar-refractivity contribution in [3.63, 3.8) is 0 Å². The summed E-state index contributed by atoms with van der Waals surface area (Å²) in [5, 5.41) is 0. The number of carbonyl (C=O) groups excluding carboxylic acids is 1. The maximum atomic E-state index is 11.5. The molecule has 4 aliphatic rings. The lowest BCUT2D eigenvalue weighted by Gasteiger charge is -2.58. The van der Waals surface area contributed by atoms with E-state index < -0.39 is 0 Å². The van der Waals surface area contributed by atoms with E-state index in [9.17, 15) is 4.79 Å². The van der Waals surface area contributed by atoms with Gasteiger partial charge in [0.1, 0.15) is 6.10 Å². The molecule has 4 rings (SSSR count). The van der Waals surface area contributed by atoms with Gasteiger partial charge < -0.3 is 4.74 Å². The Morgan fingerprint density at radius 3 is 2.61 bits per heavy atom. The molecular formula is C29H46O2. The van der Waals surface area contributed by atoms with Gasteiger partial charge in [0.05, 0.1) is 0 Å². The van der Waals surface area contributed by atoms with Crippen LogP contribution in [0.4, 0.5) is 0 Å². The topological polar surface area (TPSA) is 26.3 Å². The highest BCUT2D eigenvalue weighted by Crippen LogP contribution is 2.67. The summed E-state index contributed by atoms with van der Waals surface area (Å²) in [6.07, 6.45) is 19.0. The van der Waals surface area contributed by atoms with Crippen molar-refractivity contribution in [1.29, 1.82) is 0 Å². The summed E-state index contributed by atoms with van der Waals surface area (Å²) < 4.78 is 5.61. The Morgan fingerprint density at radius 1 is 1.13 bits per heavy atom. The van der Waals surface area contributed by atoms with Crippen molar-refractivity contribution in [3.05, 3.63) is 23.8 Å². The zero-order chi connectivity index (χ0) is 22.4. The number of ether oxygens (including phenoxy) is 1. The van der Waals surface area contributed by atoms with Crippen LogP contribution in [0.1, 0.15) is 99.3 Å². The molecule has 4 aliphatic carbocycles. The molecule has 3 fully saturated rings. The number of carbonyl (C=O) groups is 1. The van der Waals surface area contributed by atoms with E-state index in [1.165, 1.54) is 44.9 Å². The first kappa shape index (κ1) is 23.1. The van der Waals surface area contributed by atoms with Gasteiger partial charge in [-0.25, -0.2) is 0 Å². The molecule has 0 heterocycles. The van der Waals surface area contributed by atoms with E-state index in [2.05, 4.69) is 52.8 Å². The Balaban J connectivity index is 1.50. The number of esters is 1. The molecule has 8 atom stereocenters. The summed E-state index contributed by atoms with van der Waals surface area (Å²) in [5.41, 5.74) is 2.45. The smallest absolute Gasteiger partial charge is 0.302 e. The van der Waals surface area contributed by atoms with Crippen molar-refractivity contribution in [1.82, 2.24) is 0 Å². The second-order valence-electron chi connectivity index (χ2n) is 12.4. The molecule has 0 unspecified atom stereocenters. The van der Waals surface area contributed by atoms with Crippen LogP contribution in [-0.2, 0) is 9.53 Å². The molecule has 0 aromatic carbocycles. The van der Waals surface area contributed by atoms with Crippen LogP contribution in [0.5, 0.6) is 0 Å². The number of hydrogen-bond donors (Lipinski definition) is 0. The quantitative estimate of drug-likeness (QED) is 0.332. The van der Waals surface area contributed by atoms with Crippen molar-refractivity contribution >= 4 is 5.97 Å². The largest absolute Gasteiger partial charge is 0.462 e. The summed E-state index contributed by atoms with van der Waals surface area (Å²) in [6.45, 7) is 13.9. The van der Waals surface area contributed by atoms with E-state index in [0.29, 0.717) is 16.7 Å². The Morgan fingerprint density at radius 2 is 1.90 bits per heavy atom. The summed E-state index contributed by atoms with van der Waals surface area (Å²) in [4.78, 5) is 11.5. The molecule has 0 spiro atoms. The monoisotopic (exact) mass is 426 g/mol. The van der Waals surface area contributed by atoms with E-state index >= 15 is 0 Å². The predicted molar refractivity (Wildman–Crippen MR) is 129 cm³/mol. The molecule has 2 heteroatoms. The zero-order valence-corrected chi connectivity index (χ0v) is 21.0. The molecule has 3 saturated carbocycles. The molecule has 0 aromatic rings. The van der Waals surface area contributed by atoms with Gasteiger partial charge in [0.15, 0.2) is 0 Å². The molecule has 0 radical (unpaired) electrons. The number of fused-ring (bicyclic) bond motifs is 5. The lowest BCUT2D eigenvalue weighted by molar-refractivity contribution is -0.148. The highest BCUT2D eigenvalue weighted by Gasteiger charge is 2.59. The van der Waals surface area contributed by atoms with Gasteiger partial charge in [0, 0.05) is 13.3 Å². The van der Waals surface area contributed by atoms with Crippen molar-refractivity contribution in [2.75, 3.05) is 0 Å². The first-order chi connectivity index (χ1) is 14.6. The minimum Gasteiger partial charge on any atom is -0.462 e. The Bertz CT molecular complexity index is 733.